The molecule has 0 spiro atoms. The van der Waals surface area contributed by atoms with Gasteiger partial charge in [-0.3, -0.25) is 0 Å². The summed E-state index contributed by atoms with van der Waals surface area (Å²) in [7, 11) is -1.08. The summed E-state index contributed by atoms with van der Waals surface area (Å²) in [5, 5.41) is 2.93. The van der Waals surface area contributed by atoms with Crippen molar-refractivity contribution in [3.05, 3.63) is 0 Å². The van der Waals surface area contributed by atoms with Crippen LogP contribution in [-0.4, -0.2) is 57.8 Å². The third-order valence-corrected chi connectivity index (χ3v) is 6.47. The highest BCUT2D eigenvalue weighted by atomic mass is 32.2. The van der Waals surface area contributed by atoms with Crippen LogP contribution in [0.4, 0.5) is 0 Å². The van der Waals surface area contributed by atoms with Crippen LogP contribution in [0.3, 0.4) is 0 Å². The molecule has 2 fully saturated rings. The molecule has 0 aromatic carbocycles. The van der Waals surface area contributed by atoms with Crippen LogP contribution in [0.2, 0.25) is 0 Å². The molecule has 2 rings (SSSR count). The highest BCUT2D eigenvalue weighted by Gasteiger charge is 2.32. The van der Waals surface area contributed by atoms with Gasteiger partial charge in [0, 0.05) is 19.1 Å². The fraction of sp³-hybridized carbons (Fsp3) is 1.00. The van der Waals surface area contributed by atoms with E-state index in [-0.39, 0.29) is 10.7 Å². The molecule has 1 aliphatic carbocycles. The minimum absolute atomic E-state index is 0.100. The van der Waals surface area contributed by atoms with Crippen molar-refractivity contribution in [1.82, 2.24) is 14.9 Å². The van der Waals surface area contributed by atoms with E-state index in [0.29, 0.717) is 19.1 Å². The van der Waals surface area contributed by atoms with Crippen LogP contribution < -0.4 is 10.0 Å². The number of piperidine rings is 1. The molecular formula is C14H29N3O2S. The van der Waals surface area contributed by atoms with Crippen LogP contribution in [0.5, 0.6) is 0 Å². The molecule has 1 saturated heterocycles. The summed E-state index contributed by atoms with van der Waals surface area (Å²) >= 11 is 0. The normalized spacial score (nSPS) is 25.6. The van der Waals surface area contributed by atoms with Gasteiger partial charge in [0.25, 0.3) is 0 Å². The predicted molar refractivity (Wildman–Crippen MR) is 82.2 cm³/mol. The number of hydrogen-bond acceptors (Lipinski definition) is 4. The molecule has 5 nitrogen and oxygen atoms in total. The monoisotopic (exact) mass is 303 g/mol. The van der Waals surface area contributed by atoms with Crippen molar-refractivity contribution >= 4 is 10.0 Å². The van der Waals surface area contributed by atoms with Crippen LogP contribution in [0, 0.1) is 5.41 Å². The van der Waals surface area contributed by atoms with Gasteiger partial charge in [0.15, 0.2) is 0 Å². The predicted octanol–water partition coefficient (Wildman–Crippen LogP) is 0.778. The molecule has 0 bridgehead atoms. The molecule has 2 aliphatic rings. The van der Waals surface area contributed by atoms with Crippen LogP contribution >= 0.6 is 0 Å². The molecule has 20 heavy (non-hydrogen) atoms. The lowest BCUT2D eigenvalue weighted by Gasteiger charge is -2.38. The van der Waals surface area contributed by atoms with Gasteiger partial charge in [-0.25, -0.2) is 13.1 Å². The molecule has 1 aliphatic heterocycles. The number of likely N-dealkylation sites (tertiary alicyclic amines) is 1. The zero-order valence-electron chi connectivity index (χ0n) is 13.0. The molecule has 1 atom stereocenters. The van der Waals surface area contributed by atoms with Crippen LogP contribution in [-0.2, 0) is 10.0 Å². The topological polar surface area (TPSA) is 61.4 Å². The summed E-state index contributed by atoms with van der Waals surface area (Å²) in [6.45, 7) is 7.20. The van der Waals surface area contributed by atoms with Gasteiger partial charge in [-0.2, -0.15) is 0 Å². The van der Waals surface area contributed by atoms with Gasteiger partial charge >= 0.3 is 0 Å². The zero-order chi connectivity index (χ0) is 14.8. The maximum absolute atomic E-state index is 12.3. The Kier molecular flexibility index (Phi) is 5.10. The molecule has 2 N–H and O–H groups in total. The van der Waals surface area contributed by atoms with Gasteiger partial charge < -0.3 is 10.2 Å². The van der Waals surface area contributed by atoms with Crippen molar-refractivity contribution in [2.45, 2.75) is 50.8 Å². The third kappa shape index (κ3) is 4.69. The quantitative estimate of drug-likeness (QED) is 0.729. The van der Waals surface area contributed by atoms with Gasteiger partial charge in [0.1, 0.15) is 0 Å². The number of sulfonamides is 1. The number of rotatable bonds is 7. The van der Waals surface area contributed by atoms with Gasteiger partial charge in [0.05, 0.1) is 5.25 Å². The Bertz CT molecular complexity index is 412. The SMILES string of the molecule is CC(CNC1CC1)S(=O)(=O)NCC1(C)CCN(C)CC1. The van der Waals surface area contributed by atoms with Crippen molar-refractivity contribution in [2.75, 3.05) is 33.2 Å². The molecule has 0 amide bonds. The van der Waals surface area contributed by atoms with Gasteiger partial charge in [-0.1, -0.05) is 6.92 Å². The van der Waals surface area contributed by atoms with E-state index in [1.165, 1.54) is 12.8 Å². The molecule has 1 heterocycles. The van der Waals surface area contributed by atoms with Crippen molar-refractivity contribution in [3.8, 4) is 0 Å². The summed E-state index contributed by atoms with van der Waals surface area (Å²) in [6, 6.07) is 0.555. The second kappa shape index (κ2) is 6.30. The fourth-order valence-corrected chi connectivity index (χ4v) is 3.63. The average Bonchev–Trinajstić information content (AvgIpc) is 3.22. The van der Waals surface area contributed by atoms with E-state index >= 15 is 0 Å². The number of hydrogen-bond donors (Lipinski definition) is 2. The van der Waals surface area contributed by atoms with E-state index in [1.807, 2.05) is 0 Å². The van der Waals surface area contributed by atoms with Gasteiger partial charge in [-0.15, -0.1) is 0 Å². The smallest absolute Gasteiger partial charge is 0.215 e. The Morgan fingerprint density at radius 1 is 1.30 bits per heavy atom. The van der Waals surface area contributed by atoms with Crippen molar-refractivity contribution in [1.29, 1.82) is 0 Å². The van der Waals surface area contributed by atoms with E-state index in [0.717, 1.165) is 25.9 Å². The minimum atomic E-state index is -3.21. The second-order valence-corrected chi connectivity index (χ2v) is 9.16. The maximum atomic E-state index is 12.3. The number of nitrogens with zero attached hydrogens (tertiary/aromatic N) is 1. The first kappa shape index (κ1) is 16.2. The summed E-state index contributed by atoms with van der Waals surface area (Å²) in [6.07, 6.45) is 4.49. The van der Waals surface area contributed by atoms with Crippen molar-refractivity contribution < 1.29 is 8.42 Å². The summed E-state index contributed by atoms with van der Waals surface area (Å²) in [5.41, 5.74) is 0.100. The van der Waals surface area contributed by atoms with E-state index in [9.17, 15) is 8.42 Å². The van der Waals surface area contributed by atoms with E-state index in [2.05, 4.69) is 28.9 Å². The lowest BCUT2D eigenvalue weighted by atomic mass is 9.81. The summed E-state index contributed by atoms with van der Waals surface area (Å²) < 4.78 is 27.3. The Hall–Kier alpha value is -0.170. The van der Waals surface area contributed by atoms with Crippen LogP contribution in [0.25, 0.3) is 0 Å². The molecule has 1 saturated carbocycles. The third-order valence-electron chi connectivity index (χ3n) is 4.70. The minimum Gasteiger partial charge on any atom is -0.313 e. The van der Waals surface area contributed by atoms with E-state index in [4.69, 9.17) is 0 Å². The lowest BCUT2D eigenvalue weighted by Crippen LogP contribution is -2.46. The average molecular weight is 303 g/mol. The first-order chi connectivity index (χ1) is 9.31. The zero-order valence-corrected chi connectivity index (χ0v) is 13.8. The molecule has 0 aromatic heterocycles. The van der Waals surface area contributed by atoms with E-state index < -0.39 is 10.0 Å². The van der Waals surface area contributed by atoms with E-state index in [1.54, 1.807) is 6.92 Å². The van der Waals surface area contributed by atoms with Crippen molar-refractivity contribution in [3.63, 3.8) is 0 Å². The Labute approximate surface area is 123 Å². The Balaban J connectivity index is 1.78. The second-order valence-electron chi connectivity index (χ2n) is 6.97. The van der Waals surface area contributed by atoms with Crippen LogP contribution in [0.15, 0.2) is 0 Å². The molecule has 0 radical (unpaired) electrons. The Morgan fingerprint density at radius 2 is 1.90 bits per heavy atom. The highest BCUT2D eigenvalue weighted by Crippen LogP contribution is 2.29. The van der Waals surface area contributed by atoms with Gasteiger partial charge in [0.2, 0.25) is 10.0 Å². The summed E-state index contributed by atoms with van der Waals surface area (Å²) in [4.78, 5) is 2.30. The largest absolute Gasteiger partial charge is 0.313 e. The fourth-order valence-electron chi connectivity index (χ4n) is 2.48. The molecular weight excluding hydrogens is 274 g/mol. The first-order valence-corrected chi connectivity index (χ1v) is 9.26. The molecule has 0 aromatic rings. The lowest BCUT2D eigenvalue weighted by molar-refractivity contribution is 0.143. The number of nitrogens with one attached hydrogen (secondary N) is 2. The highest BCUT2D eigenvalue weighted by molar-refractivity contribution is 7.90. The standard InChI is InChI=1S/C14H29N3O2S/c1-12(10-15-13-4-5-13)20(18,19)16-11-14(2)6-8-17(3)9-7-14/h12-13,15-16H,4-11H2,1-3H3. The molecule has 6 heteroatoms. The summed E-state index contributed by atoms with van der Waals surface area (Å²) in [5.74, 6) is 0. The van der Waals surface area contributed by atoms with Gasteiger partial charge in [-0.05, 0) is 58.2 Å². The Morgan fingerprint density at radius 3 is 2.45 bits per heavy atom. The van der Waals surface area contributed by atoms with Crippen LogP contribution in [0.1, 0.15) is 39.5 Å². The molecule has 118 valence electrons. The first-order valence-electron chi connectivity index (χ1n) is 7.71. The molecule has 1 unspecified atom stereocenters. The maximum Gasteiger partial charge on any atom is 0.215 e. The van der Waals surface area contributed by atoms with Crippen molar-refractivity contribution in [2.24, 2.45) is 5.41 Å².